The Balaban J connectivity index is 1.31. The van der Waals surface area contributed by atoms with Gasteiger partial charge in [-0.25, -0.2) is 0 Å². The first-order chi connectivity index (χ1) is 15.8. The maximum Gasteiger partial charge on any atom is 0.264 e. The molecule has 0 spiro atoms. The number of rotatable bonds is 6. The molecule has 7 heteroatoms. The summed E-state index contributed by atoms with van der Waals surface area (Å²) in [7, 11) is 0. The predicted molar refractivity (Wildman–Crippen MR) is 137 cm³/mol. The number of piperazine rings is 1. The van der Waals surface area contributed by atoms with Crippen LogP contribution in [0.1, 0.15) is 37.5 Å². The van der Waals surface area contributed by atoms with Crippen molar-refractivity contribution in [3.05, 3.63) is 84.5 Å². The van der Waals surface area contributed by atoms with Crippen molar-refractivity contribution in [1.82, 2.24) is 9.80 Å². The molecule has 1 amide bonds. The van der Waals surface area contributed by atoms with Gasteiger partial charge in [0.15, 0.2) is 0 Å². The van der Waals surface area contributed by atoms with Gasteiger partial charge in [-0.05, 0) is 72.7 Å². The first-order valence-corrected chi connectivity index (χ1v) is 12.7. The van der Waals surface area contributed by atoms with Crippen LogP contribution in [-0.4, -0.2) is 41.9 Å². The van der Waals surface area contributed by atoms with Crippen LogP contribution in [0.4, 0.5) is 0 Å². The molecule has 0 atom stereocenters. The molecular formula is C26H28Cl2N2O2S. The van der Waals surface area contributed by atoms with Crippen LogP contribution in [0.15, 0.2) is 41.8 Å². The van der Waals surface area contributed by atoms with Crippen molar-refractivity contribution >= 4 is 40.4 Å². The number of carbonyl (C=O) groups excluding carboxylic acids is 1. The largest absolute Gasteiger partial charge is 0.489 e. The number of thiophene rings is 1. The molecule has 0 radical (unpaired) electrons. The molecule has 0 unspecified atom stereocenters. The molecule has 33 heavy (non-hydrogen) atoms. The molecular weight excluding hydrogens is 475 g/mol. The second-order valence-corrected chi connectivity index (χ2v) is 10.4. The van der Waals surface area contributed by atoms with Crippen molar-refractivity contribution in [2.75, 3.05) is 26.2 Å². The van der Waals surface area contributed by atoms with E-state index in [4.69, 9.17) is 27.9 Å². The van der Waals surface area contributed by atoms with Gasteiger partial charge >= 0.3 is 0 Å². The maximum absolute atomic E-state index is 13.0. The summed E-state index contributed by atoms with van der Waals surface area (Å²) in [4.78, 5) is 18.0. The van der Waals surface area contributed by atoms with Gasteiger partial charge in [-0.2, -0.15) is 0 Å². The topological polar surface area (TPSA) is 32.8 Å². The van der Waals surface area contributed by atoms with E-state index in [1.807, 2.05) is 28.5 Å². The smallest absolute Gasteiger partial charge is 0.264 e. The monoisotopic (exact) mass is 502 g/mol. The summed E-state index contributed by atoms with van der Waals surface area (Å²) >= 11 is 13.8. The molecule has 0 aliphatic carbocycles. The third-order valence-electron chi connectivity index (χ3n) is 6.09. The van der Waals surface area contributed by atoms with Gasteiger partial charge in [0, 0.05) is 48.3 Å². The summed E-state index contributed by atoms with van der Waals surface area (Å²) in [6.45, 7) is 10.5. The molecule has 1 saturated heterocycles. The minimum absolute atomic E-state index is 0.0954. The summed E-state index contributed by atoms with van der Waals surface area (Å²) in [5.41, 5.74) is 5.65. The van der Waals surface area contributed by atoms with E-state index in [2.05, 4.69) is 37.8 Å². The second kappa shape index (κ2) is 10.5. The Bertz CT molecular complexity index is 1150. The van der Waals surface area contributed by atoms with E-state index in [9.17, 15) is 4.79 Å². The standard InChI is InChI=1S/C26H28Cl2N2O2S/c1-17-10-18(2)19(3)24(11-17)32-15-20-12-25(33-16-20)26(31)30-8-6-29(7-9-30)14-21-4-5-22(27)13-23(21)28/h4-5,10-13,16H,6-9,14-15H2,1-3H3. The van der Waals surface area contributed by atoms with Crippen LogP contribution in [-0.2, 0) is 13.2 Å². The molecule has 0 saturated carbocycles. The maximum atomic E-state index is 13.0. The van der Waals surface area contributed by atoms with Crippen LogP contribution in [0.2, 0.25) is 10.0 Å². The quantitative estimate of drug-likeness (QED) is 0.384. The van der Waals surface area contributed by atoms with Crippen LogP contribution in [0.5, 0.6) is 5.75 Å². The zero-order valence-corrected chi connectivity index (χ0v) is 21.5. The number of halogens is 2. The highest BCUT2D eigenvalue weighted by Gasteiger charge is 2.23. The molecule has 4 rings (SSSR count). The molecule has 1 fully saturated rings. The number of carbonyl (C=O) groups is 1. The lowest BCUT2D eigenvalue weighted by Crippen LogP contribution is -2.48. The van der Waals surface area contributed by atoms with Gasteiger partial charge in [-0.15, -0.1) is 11.3 Å². The summed E-state index contributed by atoms with van der Waals surface area (Å²) in [5, 5.41) is 3.35. The van der Waals surface area contributed by atoms with Gasteiger partial charge in [-0.1, -0.05) is 35.3 Å². The van der Waals surface area contributed by atoms with Crippen LogP contribution in [0.3, 0.4) is 0 Å². The van der Waals surface area contributed by atoms with Crippen molar-refractivity contribution in [3.63, 3.8) is 0 Å². The van der Waals surface area contributed by atoms with Gasteiger partial charge in [0.1, 0.15) is 12.4 Å². The van der Waals surface area contributed by atoms with Crippen LogP contribution < -0.4 is 4.74 Å². The Labute approximate surface area is 209 Å². The molecule has 0 bridgehead atoms. The Hall–Kier alpha value is -2.05. The lowest BCUT2D eigenvalue weighted by atomic mass is 10.1. The van der Waals surface area contributed by atoms with Crippen molar-refractivity contribution in [3.8, 4) is 5.75 Å². The molecule has 1 aliphatic heterocycles. The molecule has 174 valence electrons. The van der Waals surface area contributed by atoms with E-state index in [0.717, 1.165) is 47.0 Å². The van der Waals surface area contributed by atoms with Gasteiger partial charge < -0.3 is 9.64 Å². The highest BCUT2D eigenvalue weighted by Crippen LogP contribution is 2.26. The van der Waals surface area contributed by atoms with Gasteiger partial charge in [0.25, 0.3) is 5.91 Å². The van der Waals surface area contributed by atoms with Crippen LogP contribution in [0, 0.1) is 20.8 Å². The van der Waals surface area contributed by atoms with E-state index in [-0.39, 0.29) is 5.91 Å². The Morgan fingerprint density at radius 2 is 1.79 bits per heavy atom. The third-order valence-corrected chi connectivity index (χ3v) is 7.65. The number of hydrogen-bond acceptors (Lipinski definition) is 4. The fraction of sp³-hybridized carbons (Fsp3) is 0.346. The lowest BCUT2D eigenvalue weighted by molar-refractivity contribution is 0.0633. The normalized spacial score (nSPS) is 14.5. The van der Waals surface area contributed by atoms with Crippen molar-refractivity contribution < 1.29 is 9.53 Å². The SMILES string of the molecule is Cc1cc(C)c(C)c(OCc2csc(C(=O)N3CCN(Cc4ccc(Cl)cc4Cl)CC3)c2)c1. The highest BCUT2D eigenvalue weighted by molar-refractivity contribution is 7.12. The molecule has 1 aromatic heterocycles. The van der Waals surface area contributed by atoms with Gasteiger partial charge in [0.05, 0.1) is 4.88 Å². The minimum Gasteiger partial charge on any atom is -0.489 e. The van der Waals surface area contributed by atoms with Crippen LogP contribution in [0.25, 0.3) is 0 Å². The number of hydrogen-bond donors (Lipinski definition) is 0. The average Bonchev–Trinajstić information content (AvgIpc) is 3.26. The van der Waals surface area contributed by atoms with E-state index < -0.39 is 0 Å². The summed E-state index contributed by atoms with van der Waals surface area (Å²) in [5.74, 6) is 1.00. The summed E-state index contributed by atoms with van der Waals surface area (Å²) < 4.78 is 6.07. The molecule has 2 aromatic carbocycles. The number of amides is 1. The second-order valence-electron chi connectivity index (χ2n) is 8.62. The molecule has 4 nitrogen and oxygen atoms in total. The summed E-state index contributed by atoms with van der Waals surface area (Å²) in [6, 6.07) is 11.8. The Morgan fingerprint density at radius 1 is 1.03 bits per heavy atom. The van der Waals surface area contributed by atoms with Crippen LogP contribution >= 0.6 is 34.5 Å². The van der Waals surface area contributed by atoms with E-state index in [1.165, 1.54) is 22.5 Å². The summed E-state index contributed by atoms with van der Waals surface area (Å²) in [6.07, 6.45) is 0. The lowest BCUT2D eigenvalue weighted by Gasteiger charge is -2.34. The Kier molecular flexibility index (Phi) is 7.65. The van der Waals surface area contributed by atoms with Gasteiger partial charge in [0.2, 0.25) is 0 Å². The number of benzene rings is 2. The number of nitrogens with zero attached hydrogens (tertiary/aromatic N) is 2. The zero-order chi connectivity index (χ0) is 23.5. The minimum atomic E-state index is 0.0954. The zero-order valence-electron chi connectivity index (χ0n) is 19.2. The Morgan fingerprint density at radius 3 is 2.52 bits per heavy atom. The fourth-order valence-corrected chi connectivity index (χ4v) is 5.36. The molecule has 3 aromatic rings. The van der Waals surface area contributed by atoms with E-state index >= 15 is 0 Å². The van der Waals surface area contributed by atoms with Crippen molar-refractivity contribution in [2.24, 2.45) is 0 Å². The highest BCUT2D eigenvalue weighted by atomic mass is 35.5. The molecule has 2 heterocycles. The molecule has 1 aliphatic rings. The first kappa shape index (κ1) is 24.1. The number of aryl methyl sites for hydroxylation is 2. The van der Waals surface area contributed by atoms with E-state index in [1.54, 1.807) is 6.07 Å². The van der Waals surface area contributed by atoms with Crippen molar-refractivity contribution in [1.29, 1.82) is 0 Å². The molecule has 0 N–H and O–H groups in total. The first-order valence-electron chi connectivity index (χ1n) is 11.0. The number of ether oxygens (including phenoxy) is 1. The fourth-order valence-electron chi connectivity index (χ4n) is 4.03. The van der Waals surface area contributed by atoms with Gasteiger partial charge in [-0.3, -0.25) is 9.69 Å². The average molecular weight is 503 g/mol. The third kappa shape index (κ3) is 5.90. The van der Waals surface area contributed by atoms with E-state index in [0.29, 0.717) is 29.7 Å². The van der Waals surface area contributed by atoms with Crippen molar-refractivity contribution in [2.45, 2.75) is 33.9 Å². The predicted octanol–water partition coefficient (Wildman–Crippen LogP) is 6.52.